The minimum atomic E-state index is 0.514. The maximum absolute atomic E-state index is 6.05. The van der Waals surface area contributed by atoms with Crippen LogP contribution in [0.3, 0.4) is 0 Å². The number of thiophene rings is 1. The van der Waals surface area contributed by atoms with Gasteiger partial charge in [-0.1, -0.05) is 18.2 Å². The summed E-state index contributed by atoms with van der Waals surface area (Å²) in [5, 5.41) is 10.2. The molecule has 4 nitrogen and oxygen atoms in total. The summed E-state index contributed by atoms with van der Waals surface area (Å²) in [6, 6.07) is 12.3. The van der Waals surface area contributed by atoms with E-state index in [1.54, 1.807) is 22.7 Å². The fourth-order valence-corrected chi connectivity index (χ4v) is 4.09. The normalized spacial score (nSPS) is 11.2. The van der Waals surface area contributed by atoms with Gasteiger partial charge in [0.05, 0.1) is 21.5 Å². The van der Waals surface area contributed by atoms with Crippen molar-refractivity contribution in [3.63, 3.8) is 0 Å². The van der Waals surface area contributed by atoms with E-state index in [1.807, 2.05) is 18.2 Å². The summed E-state index contributed by atoms with van der Waals surface area (Å²) in [6.07, 6.45) is 0.799. The molecule has 0 spiro atoms. The molecule has 0 radical (unpaired) electrons. The van der Waals surface area contributed by atoms with Crippen molar-refractivity contribution in [2.24, 2.45) is 0 Å². The Labute approximate surface area is 129 Å². The molecule has 0 aliphatic heterocycles. The van der Waals surface area contributed by atoms with Crippen LogP contribution in [0, 0.1) is 0 Å². The molecule has 0 atom stereocenters. The lowest BCUT2D eigenvalue weighted by atomic mass is 10.1. The van der Waals surface area contributed by atoms with Crippen molar-refractivity contribution in [2.45, 2.75) is 6.42 Å². The van der Waals surface area contributed by atoms with Crippen molar-refractivity contribution in [2.75, 3.05) is 5.73 Å². The molecule has 4 aromatic rings. The smallest absolute Gasteiger partial charge is 0.155 e. The van der Waals surface area contributed by atoms with E-state index in [2.05, 4.69) is 38.8 Å². The third kappa shape index (κ3) is 2.22. The van der Waals surface area contributed by atoms with Crippen LogP contribution < -0.4 is 5.73 Å². The molecule has 3 heterocycles. The van der Waals surface area contributed by atoms with Gasteiger partial charge in [-0.05, 0) is 23.6 Å². The number of rotatable bonds is 3. The molecular formula is C15H12N4S2. The monoisotopic (exact) mass is 312 g/mol. The minimum Gasteiger partial charge on any atom is -0.382 e. The molecular weight excluding hydrogens is 300 g/mol. The zero-order chi connectivity index (χ0) is 14.2. The van der Waals surface area contributed by atoms with Gasteiger partial charge in [0, 0.05) is 11.3 Å². The molecule has 104 valence electrons. The van der Waals surface area contributed by atoms with Gasteiger partial charge < -0.3 is 5.73 Å². The Morgan fingerprint density at radius 1 is 1.14 bits per heavy atom. The Morgan fingerprint density at radius 2 is 2.05 bits per heavy atom. The number of benzene rings is 1. The topological polar surface area (TPSA) is 67.6 Å². The summed E-state index contributed by atoms with van der Waals surface area (Å²) in [5.41, 5.74) is 9.01. The lowest BCUT2D eigenvalue weighted by Gasteiger charge is -1.99. The van der Waals surface area contributed by atoms with Crippen LogP contribution in [-0.4, -0.2) is 15.2 Å². The number of hydrogen-bond acceptors (Lipinski definition) is 5. The largest absolute Gasteiger partial charge is 0.382 e. The second-order valence-corrected chi connectivity index (χ2v) is 6.77. The van der Waals surface area contributed by atoms with E-state index in [0.717, 1.165) is 32.9 Å². The van der Waals surface area contributed by atoms with Gasteiger partial charge in [0.15, 0.2) is 5.82 Å². The van der Waals surface area contributed by atoms with Crippen LogP contribution in [0.5, 0.6) is 0 Å². The van der Waals surface area contributed by atoms with Crippen molar-refractivity contribution in [3.05, 3.63) is 52.3 Å². The molecule has 0 bridgehead atoms. The standard InChI is InChI=1S/C15H12N4S2/c16-14-13(11(18-19-14)8-9-4-3-7-20-9)15-17-10-5-1-2-6-12(10)21-15/h1-7H,8H2,(H3,16,18,19). The number of aromatic nitrogens is 3. The first-order valence-corrected chi connectivity index (χ1v) is 8.22. The molecule has 4 rings (SSSR count). The Balaban J connectivity index is 1.82. The SMILES string of the molecule is Nc1n[nH]c(Cc2cccs2)c1-c1nc2ccccc2s1. The zero-order valence-electron chi connectivity index (χ0n) is 11.0. The number of fused-ring (bicyclic) bond motifs is 1. The van der Waals surface area contributed by atoms with E-state index < -0.39 is 0 Å². The number of anilines is 1. The van der Waals surface area contributed by atoms with Gasteiger partial charge in [-0.3, -0.25) is 5.10 Å². The predicted molar refractivity (Wildman–Crippen MR) is 88.7 cm³/mol. The summed E-state index contributed by atoms with van der Waals surface area (Å²) in [7, 11) is 0. The fraction of sp³-hybridized carbons (Fsp3) is 0.0667. The highest BCUT2D eigenvalue weighted by molar-refractivity contribution is 7.21. The van der Waals surface area contributed by atoms with Crippen molar-refractivity contribution in [3.8, 4) is 10.6 Å². The lowest BCUT2D eigenvalue weighted by Crippen LogP contribution is -1.91. The van der Waals surface area contributed by atoms with Crippen LogP contribution in [0.25, 0.3) is 20.8 Å². The van der Waals surface area contributed by atoms with Crippen molar-refractivity contribution < 1.29 is 0 Å². The molecule has 0 fully saturated rings. The predicted octanol–water partition coefficient (Wildman–Crippen LogP) is 3.92. The van der Waals surface area contributed by atoms with Crippen molar-refractivity contribution >= 4 is 38.7 Å². The summed E-state index contributed by atoms with van der Waals surface area (Å²) >= 11 is 3.38. The van der Waals surface area contributed by atoms with E-state index in [0.29, 0.717) is 5.82 Å². The van der Waals surface area contributed by atoms with Crippen LogP contribution >= 0.6 is 22.7 Å². The van der Waals surface area contributed by atoms with Gasteiger partial charge in [0.2, 0.25) is 0 Å². The molecule has 1 aromatic carbocycles. The van der Waals surface area contributed by atoms with Crippen LogP contribution in [0.15, 0.2) is 41.8 Å². The first-order chi connectivity index (χ1) is 10.3. The Kier molecular flexibility index (Phi) is 2.98. The maximum Gasteiger partial charge on any atom is 0.155 e. The number of H-pyrrole nitrogens is 1. The number of nitrogens with one attached hydrogen (secondary N) is 1. The highest BCUT2D eigenvalue weighted by Gasteiger charge is 2.17. The number of hydrogen-bond donors (Lipinski definition) is 2. The summed E-state index contributed by atoms with van der Waals surface area (Å²) in [5.74, 6) is 0.514. The number of aromatic amines is 1. The highest BCUT2D eigenvalue weighted by atomic mass is 32.1. The van der Waals surface area contributed by atoms with Gasteiger partial charge >= 0.3 is 0 Å². The number of nitrogens with two attached hydrogens (primary N) is 1. The molecule has 3 aromatic heterocycles. The third-order valence-corrected chi connectivity index (χ3v) is 5.24. The van der Waals surface area contributed by atoms with E-state index in [1.165, 1.54) is 4.88 Å². The lowest BCUT2D eigenvalue weighted by molar-refractivity contribution is 1.01. The summed E-state index contributed by atoms with van der Waals surface area (Å²) < 4.78 is 1.16. The number of para-hydroxylation sites is 1. The maximum atomic E-state index is 6.05. The molecule has 0 aliphatic rings. The van der Waals surface area contributed by atoms with Crippen LogP contribution in [0.1, 0.15) is 10.6 Å². The van der Waals surface area contributed by atoms with Gasteiger partial charge in [0.25, 0.3) is 0 Å². The Bertz CT molecular complexity index is 857. The van der Waals surface area contributed by atoms with Gasteiger partial charge in [0.1, 0.15) is 5.01 Å². The average Bonchev–Trinajstić information content (AvgIpc) is 3.19. The third-order valence-electron chi connectivity index (χ3n) is 3.31. The molecule has 0 saturated carbocycles. The van der Waals surface area contributed by atoms with Gasteiger partial charge in [-0.15, -0.1) is 22.7 Å². The average molecular weight is 312 g/mol. The second-order valence-electron chi connectivity index (χ2n) is 4.71. The number of thiazole rings is 1. The van der Waals surface area contributed by atoms with E-state index in [4.69, 9.17) is 5.73 Å². The molecule has 21 heavy (non-hydrogen) atoms. The van der Waals surface area contributed by atoms with Crippen molar-refractivity contribution in [1.29, 1.82) is 0 Å². The summed E-state index contributed by atoms with van der Waals surface area (Å²) in [4.78, 5) is 5.97. The van der Waals surface area contributed by atoms with E-state index in [9.17, 15) is 0 Å². The van der Waals surface area contributed by atoms with E-state index >= 15 is 0 Å². The first kappa shape index (κ1) is 12.6. The molecule has 0 amide bonds. The zero-order valence-corrected chi connectivity index (χ0v) is 12.7. The van der Waals surface area contributed by atoms with Gasteiger partial charge in [-0.2, -0.15) is 5.10 Å². The van der Waals surface area contributed by atoms with Crippen LogP contribution in [0.4, 0.5) is 5.82 Å². The van der Waals surface area contributed by atoms with E-state index in [-0.39, 0.29) is 0 Å². The molecule has 0 unspecified atom stereocenters. The van der Waals surface area contributed by atoms with Crippen molar-refractivity contribution in [1.82, 2.24) is 15.2 Å². The van der Waals surface area contributed by atoms with Crippen LogP contribution in [-0.2, 0) is 6.42 Å². The molecule has 0 saturated heterocycles. The molecule has 3 N–H and O–H groups in total. The Morgan fingerprint density at radius 3 is 2.86 bits per heavy atom. The second kappa shape index (κ2) is 4.98. The number of nitrogen functional groups attached to an aromatic ring is 1. The fourth-order valence-electron chi connectivity index (χ4n) is 2.33. The van der Waals surface area contributed by atoms with Gasteiger partial charge in [-0.25, -0.2) is 4.98 Å². The highest BCUT2D eigenvalue weighted by Crippen LogP contribution is 2.35. The van der Waals surface area contributed by atoms with Crippen LogP contribution in [0.2, 0.25) is 0 Å². The molecule has 6 heteroatoms. The quantitative estimate of drug-likeness (QED) is 0.602. The number of nitrogens with zero attached hydrogens (tertiary/aromatic N) is 2. The molecule has 0 aliphatic carbocycles. The summed E-state index contributed by atoms with van der Waals surface area (Å²) in [6.45, 7) is 0. The Hall–Kier alpha value is -2.18. The first-order valence-electron chi connectivity index (χ1n) is 6.52. The minimum absolute atomic E-state index is 0.514.